The second-order valence-corrected chi connectivity index (χ2v) is 5.34. The van der Waals surface area contributed by atoms with Crippen LogP contribution >= 0.6 is 0 Å². The summed E-state index contributed by atoms with van der Waals surface area (Å²) in [5.74, 6) is 0.268. The number of methoxy groups -OCH3 is 1. The molecule has 132 valence electrons. The molecule has 0 bridgehead atoms. The van der Waals surface area contributed by atoms with Crippen LogP contribution in [0.3, 0.4) is 0 Å². The molecule has 3 rings (SSSR count). The average molecular weight is 353 g/mol. The lowest BCUT2D eigenvalue weighted by atomic mass is 10.2. The fraction of sp³-hybridized carbons (Fsp3) is 0.118. The Morgan fingerprint density at radius 2 is 2.19 bits per heavy atom. The summed E-state index contributed by atoms with van der Waals surface area (Å²) in [6.07, 6.45) is 2.97. The number of benzene rings is 2. The molecular weight excluding hydrogens is 338 g/mol. The number of fused-ring (bicyclic) bond motifs is 1. The molecule has 0 fully saturated rings. The molecule has 3 aromatic rings. The Bertz CT molecular complexity index is 996. The molecule has 0 aliphatic heterocycles. The number of hydrazone groups is 1. The van der Waals surface area contributed by atoms with E-state index in [2.05, 4.69) is 15.6 Å². The molecule has 1 amide bonds. The van der Waals surface area contributed by atoms with Crippen LogP contribution in [0.25, 0.3) is 10.9 Å². The highest BCUT2D eigenvalue weighted by Gasteiger charge is 2.11. The van der Waals surface area contributed by atoms with Crippen molar-refractivity contribution in [2.24, 2.45) is 5.10 Å². The van der Waals surface area contributed by atoms with E-state index < -0.39 is 4.92 Å². The number of amides is 1. The van der Waals surface area contributed by atoms with Crippen molar-refractivity contribution in [1.82, 2.24) is 15.2 Å². The van der Waals surface area contributed by atoms with Crippen LogP contribution in [0.4, 0.5) is 5.69 Å². The molecule has 0 aliphatic rings. The Hall–Kier alpha value is -3.75. The lowest BCUT2D eigenvalue weighted by Crippen LogP contribution is -2.23. The molecule has 1 N–H and O–H groups in total. The first-order valence-corrected chi connectivity index (χ1v) is 7.63. The maximum Gasteiger partial charge on any atom is 0.270 e. The van der Waals surface area contributed by atoms with Gasteiger partial charge in [-0.1, -0.05) is 12.1 Å². The second-order valence-electron chi connectivity index (χ2n) is 5.34. The summed E-state index contributed by atoms with van der Waals surface area (Å²) >= 11 is 0. The third-order valence-electron chi connectivity index (χ3n) is 3.66. The Morgan fingerprint density at radius 1 is 1.38 bits per heavy atom. The molecule has 0 unspecified atom stereocenters. The van der Waals surface area contributed by atoms with Crippen LogP contribution in [0.2, 0.25) is 0 Å². The van der Waals surface area contributed by atoms with Gasteiger partial charge in [-0.15, -0.1) is 0 Å². The van der Waals surface area contributed by atoms with E-state index in [1.165, 1.54) is 29.2 Å². The molecule has 1 aromatic heterocycles. The van der Waals surface area contributed by atoms with Gasteiger partial charge in [0.2, 0.25) is 0 Å². The van der Waals surface area contributed by atoms with Gasteiger partial charge in [0, 0.05) is 23.1 Å². The van der Waals surface area contributed by atoms with Gasteiger partial charge in [0.15, 0.2) is 0 Å². The number of carbonyl (C=O) groups excluding carboxylic acids is 1. The molecule has 9 nitrogen and oxygen atoms in total. The fourth-order valence-corrected chi connectivity index (χ4v) is 2.43. The molecule has 26 heavy (non-hydrogen) atoms. The summed E-state index contributed by atoms with van der Waals surface area (Å²) in [6, 6.07) is 11.6. The van der Waals surface area contributed by atoms with E-state index in [1.807, 2.05) is 18.2 Å². The summed E-state index contributed by atoms with van der Waals surface area (Å²) in [5, 5.41) is 19.4. The number of non-ortho nitro benzene ring substituents is 1. The number of nitro benzene ring substituents is 1. The lowest BCUT2D eigenvalue weighted by molar-refractivity contribution is -0.384. The highest BCUT2D eigenvalue weighted by molar-refractivity contribution is 5.86. The molecule has 0 spiro atoms. The third-order valence-corrected chi connectivity index (χ3v) is 3.66. The highest BCUT2D eigenvalue weighted by atomic mass is 16.6. The van der Waals surface area contributed by atoms with Crippen LogP contribution in [0, 0.1) is 10.1 Å². The highest BCUT2D eigenvalue weighted by Crippen LogP contribution is 2.20. The minimum absolute atomic E-state index is 0.0251. The zero-order chi connectivity index (χ0) is 18.5. The monoisotopic (exact) mass is 353 g/mol. The van der Waals surface area contributed by atoms with Gasteiger partial charge in [0.1, 0.15) is 12.3 Å². The molecule has 1 heterocycles. The first-order chi connectivity index (χ1) is 12.6. The number of para-hydroxylation sites is 1. The van der Waals surface area contributed by atoms with Crippen molar-refractivity contribution in [3.63, 3.8) is 0 Å². The Balaban J connectivity index is 1.67. The molecule has 0 aliphatic carbocycles. The van der Waals surface area contributed by atoms with Crippen LogP contribution in [-0.4, -0.2) is 33.9 Å². The normalized spacial score (nSPS) is 11.0. The van der Waals surface area contributed by atoms with Crippen molar-refractivity contribution in [3.8, 4) is 5.75 Å². The molecule has 0 radical (unpaired) electrons. The van der Waals surface area contributed by atoms with Crippen LogP contribution in [-0.2, 0) is 11.3 Å². The van der Waals surface area contributed by atoms with E-state index in [-0.39, 0.29) is 18.1 Å². The smallest absolute Gasteiger partial charge is 0.270 e. The van der Waals surface area contributed by atoms with Crippen molar-refractivity contribution in [1.29, 1.82) is 0 Å². The van der Waals surface area contributed by atoms with E-state index in [4.69, 9.17) is 4.74 Å². The Labute approximate surface area is 148 Å². The van der Waals surface area contributed by atoms with E-state index in [0.717, 1.165) is 5.56 Å². The van der Waals surface area contributed by atoms with Gasteiger partial charge in [-0.3, -0.25) is 19.6 Å². The zero-order valence-corrected chi connectivity index (χ0v) is 13.8. The van der Waals surface area contributed by atoms with Crippen LogP contribution in [0.1, 0.15) is 5.56 Å². The summed E-state index contributed by atoms with van der Waals surface area (Å²) < 4.78 is 6.65. The number of hydrogen-bond donors (Lipinski definition) is 1. The summed E-state index contributed by atoms with van der Waals surface area (Å²) in [5.41, 5.74) is 3.75. The quantitative estimate of drug-likeness (QED) is 0.414. The number of carbonyl (C=O) groups is 1. The molecule has 0 saturated heterocycles. The van der Waals surface area contributed by atoms with Crippen molar-refractivity contribution in [2.45, 2.75) is 6.54 Å². The van der Waals surface area contributed by atoms with E-state index >= 15 is 0 Å². The van der Waals surface area contributed by atoms with Crippen LogP contribution in [0.15, 0.2) is 53.8 Å². The molecule has 0 saturated carbocycles. The SMILES string of the molecule is COc1ccccc1/C=N/NC(=O)Cn1ncc2cc([N+](=O)[O-])ccc21. The lowest BCUT2D eigenvalue weighted by Gasteiger charge is -2.04. The minimum atomic E-state index is -0.476. The van der Waals surface area contributed by atoms with Gasteiger partial charge in [-0.25, -0.2) is 5.43 Å². The number of nitrogens with zero attached hydrogens (tertiary/aromatic N) is 4. The molecular formula is C17H15N5O4. The number of nitro groups is 1. The van der Waals surface area contributed by atoms with Gasteiger partial charge in [0.25, 0.3) is 11.6 Å². The van der Waals surface area contributed by atoms with Gasteiger partial charge in [0.05, 0.1) is 30.0 Å². The number of nitrogens with one attached hydrogen (secondary N) is 1. The van der Waals surface area contributed by atoms with Gasteiger partial charge >= 0.3 is 0 Å². The van der Waals surface area contributed by atoms with Gasteiger partial charge in [-0.05, 0) is 18.2 Å². The molecule has 0 atom stereocenters. The van der Waals surface area contributed by atoms with Crippen LogP contribution < -0.4 is 10.2 Å². The van der Waals surface area contributed by atoms with Crippen LogP contribution in [0.5, 0.6) is 5.75 Å². The zero-order valence-electron chi connectivity index (χ0n) is 13.8. The first-order valence-electron chi connectivity index (χ1n) is 7.63. The van der Waals surface area contributed by atoms with Crippen molar-refractivity contribution in [2.75, 3.05) is 7.11 Å². The number of ether oxygens (including phenoxy) is 1. The Morgan fingerprint density at radius 3 is 2.96 bits per heavy atom. The predicted molar refractivity (Wildman–Crippen MR) is 95.1 cm³/mol. The largest absolute Gasteiger partial charge is 0.496 e. The van der Waals surface area contributed by atoms with Gasteiger partial charge < -0.3 is 4.74 Å². The minimum Gasteiger partial charge on any atom is -0.496 e. The van der Waals surface area contributed by atoms with E-state index in [1.54, 1.807) is 19.2 Å². The summed E-state index contributed by atoms with van der Waals surface area (Å²) in [4.78, 5) is 22.4. The number of aromatic nitrogens is 2. The fourth-order valence-electron chi connectivity index (χ4n) is 2.43. The van der Waals surface area contributed by atoms with Crippen molar-refractivity contribution < 1.29 is 14.5 Å². The topological polar surface area (TPSA) is 112 Å². The Kier molecular flexibility index (Phi) is 4.88. The third kappa shape index (κ3) is 3.66. The molecule has 9 heteroatoms. The molecule has 2 aromatic carbocycles. The maximum atomic E-state index is 12.0. The summed E-state index contributed by atoms with van der Waals surface area (Å²) in [6.45, 7) is -0.0649. The van der Waals surface area contributed by atoms with Gasteiger partial charge in [-0.2, -0.15) is 10.2 Å². The van der Waals surface area contributed by atoms with Crippen molar-refractivity contribution >= 4 is 28.7 Å². The number of rotatable bonds is 6. The van der Waals surface area contributed by atoms with Crippen molar-refractivity contribution in [3.05, 3.63) is 64.3 Å². The first kappa shape index (κ1) is 17.1. The summed E-state index contributed by atoms with van der Waals surface area (Å²) in [7, 11) is 1.55. The van der Waals surface area contributed by atoms with E-state index in [0.29, 0.717) is 16.7 Å². The average Bonchev–Trinajstić information content (AvgIpc) is 3.04. The number of hydrogen-bond acceptors (Lipinski definition) is 6. The van der Waals surface area contributed by atoms with E-state index in [9.17, 15) is 14.9 Å². The predicted octanol–water partition coefficient (Wildman–Crippen LogP) is 2.10. The second kappa shape index (κ2) is 7.43. The standard InChI is InChI=1S/C17H15N5O4/c1-26-16-5-3-2-4-12(16)9-18-20-17(23)11-21-15-7-6-14(22(24)25)8-13(15)10-19-21/h2-10H,11H2,1H3,(H,20,23)/b18-9+. The maximum absolute atomic E-state index is 12.0.